The van der Waals surface area contributed by atoms with Gasteiger partial charge in [-0.25, -0.2) is 9.97 Å². The van der Waals surface area contributed by atoms with Crippen molar-refractivity contribution in [3.63, 3.8) is 0 Å². The van der Waals surface area contributed by atoms with Gasteiger partial charge in [-0.05, 0) is 24.3 Å². The van der Waals surface area contributed by atoms with E-state index in [1.165, 1.54) is 0 Å². The minimum atomic E-state index is -2.85. The Hall–Kier alpha value is -2.17. The summed E-state index contributed by atoms with van der Waals surface area (Å²) in [5, 5.41) is 0. The third kappa shape index (κ3) is 4.60. The zero-order valence-electron chi connectivity index (χ0n) is 16.5. The Kier molecular flexibility index (Phi) is 6.26. The molecule has 1 aromatic carbocycles. The summed E-state index contributed by atoms with van der Waals surface area (Å²) < 4.78 is 46.7. The lowest BCUT2D eigenvalue weighted by Crippen LogP contribution is -2.37. The highest BCUT2D eigenvalue weighted by Crippen LogP contribution is 2.51. The van der Waals surface area contributed by atoms with Crippen LogP contribution in [0.2, 0.25) is 0 Å². The zero-order chi connectivity index (χ0) is 21.1. The lowest BCUT2D eigenvalue weighted by molar-refractivity contribution is -0.123. The second kappa shape index (κ2) is 8.91. The number of anilines is 2. The third-order valence-corrected chi connectivity index (χ3v) is 7.65. The average molecular weight is 440 g/mol. The number of nitrogens with zero attached hydrogens (tertiary/aromatic N) is 3. The van der Waals surface area contributed by atoms with Crippen LogP contribution in [0.25, 0.3) is 11.4 Å². The van der Waals surface area contributed by atoms with Crippen LogP contribution in [0.15, 0.2) is 30.3 Å². The number of halogens is 2. The fourth-order valence-electron chi connectivity index (χ4n) is 3.58. The Morgan fingerprint density at radius 3 is 2.53 bits per heavy atom. The molecule has 0 spiro atoms. The summed E-state index contributed by atoms with van der Waals surface area (Å²) in [5.74, 6) is 1.37. The van der Waals surface area contributed by atoms with Crippen molar-refractivity contribution in [2.45, 2.75) is 24.2 Å². The van der Waals surface area contributed by atoms with E-state index in [-0.39, 0.29) is 12.4 Å². The standard InChI is InChI=1S/C20H24F2N4O3S/c21-19(22)29-11-12-30(27)20(5-6-20)16-13-17(26-7-9-28-10-8-26)25-18(24-16)14-1-3-15(23)4-2-14/h1-4,13,19H,5-12,23H2/p+1. The molecule has 1 unspecified atom stereocenters. The smallest absolute Gasteiger partial charge is 0.345 e. The number of alkyl halides is 2. The summed E-state index contributed by atoms with van der Waals surface area (Å²) in [6.07, 6.45) is 1.41. The van der Waals surface area contributed by atoms with Crippen LogP contribution in [0.5, 0.6) is 0 Å². The van der Waals surface area contributed by atoms with Crippen LogP contribution in [0.4, 0.5) is 20.3 Å². The van der Waals surface area contributed by atoms with Crippen molar-refractivity contribution < 1.29 is 22.5 Å². The summed E-state index contributed by atoms with van der Waals surface area (Å²) in [5.41, 5.74) is 7.95. The van der Waals surface area contributed by atoms with E-state index in [1.54, 1.807) is 12.1 Å². The molecule has 1 saturated carbocycles. The molecule has 2 aliphatic rings. The summed E-state index contributed by atoms with van der Waals surface area (Å²) in [7, 11) is -1.80. The van der Waals surface area contributed by atoms with E-state index in [0.717, 1.165) is 11.4 Å². The number of morpholine rings is 1. The second-order valence-corrected chi connectivity index (χ2v) is 9.48. The fraction of sp³-hybridized carbons (Fsp3) is 0.500. The zero-order valence-corrected chi connectivity index (χ0v) is 17.4. The Labute approximate surface area is 176 Å². The number of nitrogens with two attached hydrogens (primary N) is 1. The highest BCUT2D eigenvalue weighted by atomic mass is 32.2. The molecule has 2 fully saturated rings. The molecule has 7 nitrogen and oxygen atoms in total. The van der Waals surface area contributed by atoms with Crippen molar-refractivity contribution in [3.8, 4) is 11.4 Å². The van der Waals surface area contributed by atoms with Crippen molar-refractivity contribution in [3.05, 3.63) is 36.0 Å². The molecule has 162 valence electrons. The van der Waals surface area contributed by atoms with Crippen molar-refractivity contribution in [2.24, 2.45) is 0 Å². The number of thiol groups is 1. The van der Waals surface area contributed by atoms with E-state index in [1.807, 2.05) is 18.2 Å². The van der Waals surface area contributed by atoms with E-state index in [2.05, 4.69) is 9.64 Å². The Bertz CT molecular complexity index is 903. The van der Waals surface area contributed by atoms with Gasteiger partial charge in [0.2, 0.25) is 0 Å². The Balaban J connectivity index is 1.67. The van der Waals surface area contributed by atoms with Gasteiger partial charge in [-0.3, -0.25) is 0 Å². The number of ether oxygens (including phenoxy) is 2. The molecule has 1 aliphatic heterocycles. The van der Waals surface area contributed by atoms with Crippen LogP contribution in [-0.4, -0.2) is 55.2 Å². The number of hydrogen-bond donors (Lipinski definition) is 1. The summed E-state index contributed by atoms with van der Waals surface area (Å²) in [4.78, 5) is 11.6. The van der Waals surface area contributed by atoms with E-state index < -0.39 is 22.2 Å². The maximum atomic E-state index is 13.0. The second-order valence-electron chi connectivity index (χ2n) is 7.42. The van der Waals surface area contributed by atoms with E-state index >= 15 is 0 Å². The molecular formula is C20H25F2N4O3S+. The van der Waals surface area contributed by atoms with Crippen molar-refractivity contribution in [1.29, 1.82) is 0 Å². The number of benzene rings is 1. The predicted octanol–water partition coefficient (Wildman–Crippen LogP) is 2.49. The number of hydrogen-bond acceptors (Lipinski definition) is 7. The first-order chi connectivity index (χ1) is 14.5. The number of nitrogen functional groups attached to an aromatic ring is 1. The van der Waals surface area contributed by atoms with Gasteiger partial charge in [0.15, 0.2) is 10.6 Å². The van der Waals surface area contributed by atoms with Gasteiger partial charge >= 0.3 is 6.61 Å². The first-order valence-corrected chi connectivity index (χ1v) is 11.4. The topological polar surface area (TPSA) is 90.6 Å². The monoisotopic (exact) mass is 439 g/mol. The molecular weight excluding hydrogens is 414 g/mol. The van der Waals surface area contributed by atoms with Gasteiger partial charge in [0.25, 0.3) is 0 Å². The minimum Gasteiger partial charge on any atom is -0.399 e. The Morgan fingerprint density at radius 1 is 1.20 bits per heavy atom. The van der Waals surface area contributed by atoms with Crippen LogP contribution in [0, 0.1) is 0 Å². The Morgan fingerprint density at radius 2 is 1.90 bits per heavy atom. The van der Waals surface area contributed by atoms with E-state index in [4.69, 9.17) is 20.4 Å². The maximum Gasteiger partial charge on any atom is 0.345 e. The molecule has 10 heteroatoms. The van der Waals surface area contributed by atoms with E-state index in [9.17, 15) is 13.0 Å². The SMILES string of the molecule is Nc1ccc(-c2nc(N3CCOCC3)cc(C3([SH+](=O)CCOC(F)F)CC3)n2)cc1. The van der Waals surface area contributed by atoms with Crippen LogP contribution in [-0.2, 0) is 29.2 Å². The van der Waals surface area contributed by atoms with Gasteiger partial charge in [-0.15, -0.1) is 4.21 Å². The lowest BCUT2D eigenvalue weighted by atomic mass is 10.1. The predicted molar refractivity (Wildman–Crippen MR) is 112 cm³/mol. The molecule has 1 saturated heterocycles. The highest BCUT2D eigenvalue weighted by molar-refractivity contribution is 7.86. The normalized spacial score (nSPS) is 19.1. The summed E-state index contributed by atoms with van der Waals surface area (Å²) >= 11 is 0. The number of rotatable bonds is 8. The number of aromatic nitrogens is 2. The summed E-state index contributed by atoms with van der Waals surface area (Å²) in [6.45, 7) is -0.451. The molecule has 2 N–H and O–H groups in total. The molecule has 1 atom stereocenters. The van der Waals surface area contributed by atoms with Crippen LogP contribution < -0.4 is 10.6 Å². The van der Waals surface area contributed by atoms with Gasteiger partial charge in [-0.2, -0.15) is 8.78 Å². The molecule has 0 bridgehead atoms. The largest absolute Gasteiger partial charge is 0.399 e. The summed E-state index contributed by atoms with van der Waals surface area (Å²) in [6, 6.07) is 9.17. The molecule has 2 aromatic rings. The van der Waals surface area contributed by atoms with E-state index in [0.29, 0.717) is 56.4 Å². The van der Waals surface area contributed by atoms with Gasteiger partial charge in [0.1, 0.15) is 17.3 Å². The highest BCUT2D eigenvalue weighted by Gasteiger charge is 2.57. The van der Waals surface area contributed by atoms with Crippen molar-refractivity contribution >= 4 is 22.3 Å². The molecule has 4 rings (SSSR count). The van der Waals surface area contributed by atoms with Crippen molar-refractivity contribution in [2.75, 3.05) is 49.3 Å². The van der Waals surface area contributed by atoms with Gasteiger partial charge < -0.3 is 20.1 Å². The minimum absolute atomic E-state index is 0.0772. The van der Waals surface area contributed by atoms with Gasteiger partial charge in [-0.1, -0.05) is 0 Å². The fourth-order valence-corrected chi connectivity index (χ4v) is 5.26. The quantitative estimate of drug-likeness (QED) is 0.384. The molecule has 0 amide bonds. The first-order valence-electron chi connectivity index (χ1n) is 9.91. The molecule has 0 radical (unpaired) electrons. The maximum absolute atomic E-state index is 13.0. The van der Waals surface area contributed by atoms with Crippen LogP contribution in [0.3, 0.4) is 0 Å². The van der Waals surface area contributed by atoms with Gasteiger partial charge in [0.05, 0.1) is 30.6 Å². The van der Waals surface area contributed by atoms with Crippen LogP contribution in [0.1, 0.15) is 18.5 Å². The molecule has 2 heterocycles. The van der Waals surface area contributed by atoms with Crippen molar-refractivity contribution in [1.82, 2.24) is 9.97 Å². The van der Waals surface area contributed by atoms with Gasteiger partial charge in [0, 0.05) is 43.2 Å². The first kappa shape index (κ1) is 21.1. The molecule has 1 aromatic heterocycles. The average Bonchev–Trinajstić information content (AvgIpc) is 3.56. The third-order valence-electron chi connectivity index (χ3n) is 5.43. The molecule has 1 aliphatic carbocycles. The lowest BCUT2D eigenvalue weighted by Gasteiger charge is -2.28. The molecule has 30 heavy (non-hydrogen) atoms. The van der Waals surface area contributed by atoms with Crippen LogP contribution >= 0.6 is 0 Å².